The van der Waals surface area contributed by atoms with Gasteiger partial charge < -0.3 is 16.2 Å². The molecule has 1 heterocycles. The third-order valence-electron chi connectivity index (χ3n) is 3.14. The molecular weight excluding hydrogens is 330 g/mol. The van der Waals surface area contributed by atoms with Crippen LogP contribution in [0.4, 0.5) is 5.82 Å². The van der Waals surface area contributed by atoms with E-state index in [9.17, 15) is 4.79 Å². The van der Waals surface area contributed by atoms with E-state index in [1.54, 1.807) is 4.57 Å². The molecule has 0 saturated carbocycles. The normalized spacial score (nSPS) is 10.4. The first kappa shape index (κ1) is 15.3. The molecule has 3 rings (SSSR count). The van der Waals surface area contributed by atoms with E-state index in [-0.39, 0.29) is 10.7 Å². The number of amides is 1. The minimum atomic E-state index is -0.582. The smallest absolute Gasteiger partial charge is 0.262 e. The van der Waals surface area contributed by atoms with Gasteiger partial charge >= 0.3 is 0 Å². The van der Waals surface area contributed by atoms with Crippen LogP contribution in [0.15, 0.2) is 54.6 Å². The molecule has 0 aliphatic heterocycles. The van der Waals surface area contributed by atoms with Gasteiger partial charge in [0.15, 0.2) is 3.95 Å². The van der Waals surface area contributed by atoms with Crippen LogP contribution in [-0.4, -0.2) is 10.5 Å². The summed E-state index contributed by atoms with van der Waals surface area (Å²) in [5.74, 6) is 1.11. The second-order valence-corrected chi connectivity index (χ2v) is 6.34. The van der Waals surface area contributed by atoms with Crippen LogP contribution in [-0.2, 0) is 0 Å². The van der Waals surface area contributed by atoms with Gasteiger partial charge in [-0.3, -0.25) is 9.36 Å². The maximum atomic E-state index is 11.3. The minimum Gasteiger partial charge on any atom is -0.457 e. The maximum absolute atomic E-state index is 11.3. The van der Waals surface area contributed by atoms with E-state index in [1.165, 1.54) is 0 Å². The van der Waals surface area contributed by atoms with Crippen molar-refractivity contribution >= 4 is 35.3 Å². The molecule has 0 atom stereocenters. The first-order valence-electron chi connectivity index (χ1n) is 6.70. The first-order chi connectivity index (χ1) is 11.1. The lowest BCUT2D eigenvalue weighted by Gasteiger charge is -2.08. The third-order valence-corrected chi connectivity index (χ3v) is 4.55. The van der Waals surface area contributed by atoms with Crippen molar-refractivity contribution in [2.45, 2.75) is 0 Å². The van der Waals surface area contributed by atoms with Crippen molar-refractivity contribution in [1.29, 1.82) is 0 Å². The van der Waals surface area contributed by atoms with Crippen molar-refractivity contribution in [2.24, 2.45) is 5.73 Å². The molecule has 116 valence electrons. The predicted molar refractivity (Wildman–Crippen MR) is 93.9 cm³/mol. The maximum Gasteiger partial charge on any atom is 0.262 e. The minimum absolute atomic E-state index is 0.254. The van der Waals surface area contributed by atoms with Gasteiger partial charge in [-0.2, -0.15) is 0 Å². The zero-order valence-electron chi connectivity index (χ0n) is 11.9. The monoisotopic (exact) mass is 343 g/mol. The number of nitrogen functional groups attached to an aromatic ring is 1. The fraction of sp³-hybridized carbons (Fsp3) is 0. The van der Waals surface area contributed by atoms with E-state index in [1.807, 2.05) is 54.6 Å². The van der Waals surface area contributed by atoms with Crippen molar-refractivity contribution < 1.29 is 9.53 Å². The molecule has 4 N–H and O–H groups in total. The van der Waals surface area contributed by atoms with Gasteiger partial charge in [-0.05, 0) is 48.6 Å². The van der Waals surface area contributed by atoms with Crippen LogP contribution >= 0.6 is 23.6 Å². The van der Waals surface area contributed by atoms with Crippen LogP contribution < -0.4 is 16.2 Å². The Balaban J connectivity index is 1.91. The molecule has 0 saturated heterocycles. The molecular formula is C16H13N3O2S2. The van der Waals surface area contributed by atoms with Crippen LogP contribution in [0.5, 0.6) is 11.5 Å². The van der Waals surface area contributed by atoms with Crippen LogP contribution in [0.2, 0.25) is 0 Å². The molecule has 0 fully saturated rings. The summed E-state index contributed by atoms with van der Waals surface area (Å²) in [7, 11) is 0. The van der Waals surface area contributed by atoms with E-state index in [0.29, 0.717) is 9.70 Å². The van der Waals surface area contributed by atoms with Gasteiger partial charge in [0.25, 0.3) is 5.91 Å². The number of nitrogens with two attached hydrogens (primary N) is 2. The fourth-order valence-corrected chi connectivity index (χ4v) is 3.31. The van der Waals surface area contributed by atoms with E-state index < -0.39 is 5.91 Å². The van der Waals surface area contributed by atoms with Gasteiger partial charge in [-0.25, -0.2) is 0 Å². The van der Waals surface area contributed by atoms with Crippen molar-refractivity contribution in [3.05, 3.63) is 63.4 Å². The molecule has 1 amide bonds. The molecule has 0 bridgehead atoms. The quantitative estimate of drug-likeness (QED) is 0.707. The Morgan fingerprint density at radius 1 is 1.04 bits per heavy atom. The number of benzene rings is 2. The number of carbonyl (C=O) groups is 1. The Hall–Kier alpha value is -2.64. The highest BCUT2D eigenvalue weighted by molar-refractivity contribution is 7.73. The third kappa shape index (κ3) is 3.10. The Labute approximate surface area is 141 Å². The van der Waals surface area contributed by atoms with Gasteiger partial charge in [0.05, 0.1) is 0 Å². The molecule has 2 aromatic carbocycles. The molecule has 1 aromatic heterocycles. The van der Waals surface area contributed by atoms with Crippen molar-refractivity contribution in [1.82, 2.24) is 4.57 Å². The van der Waals surface area contributed by atoms with Crippen LogP contribution in [0, 0.1) is 3.95 Å². The van der Waals surface area contributed by atoms with Crippen molar-refractivity contribution in [3.8, 4) is 17.2 Å². The summed E-state index contributed by atoms with van der Waals surface area (Å²) >= 11 is 6.36. The van der Waals surface area contributed by atoms with E-state index in [4.69, 9.17) is 28.4 Å². The van der Waals surface area contributed by atoms with Gasteiger partial charge in [-0.1, -0.05) is 29.5 Å². The number of rotatable bonds is 4. The number of hydrogen-bond acceptors (Lipinski definition) is 5. The summed E-state index contributed by atoms with van der Waals surface area (Å²) in [5.41, 5.74) is 12.0. The molecule has 3 aromatic rings. The van der Waals surface area contributed by atoms with E-state index in [2.05, 4.69) is 0 Å². The second-order valence-electron chi connectivity index (χ2n) is 4.69. The Morgan fingerprint density at radius 3 is 2.22 bits per heavy atom. The summed E-state index contributed by atoms with van der Waals surface area (Å²) in [6.07, 6.45) is 0. The van der Waals surface area contributed by atoms with Crippen LogP contribution in [0.25, 0.3) is 5.69 Å². The summed E-state index contributed by atoms with van der Waals surface area (Å²) in [4.78, 5) is 11.6. The Kier molecular flexibility index (Phi) is 4.14. The molecule has 0 radical (unpaired) electrons. The van der Waals surface area contributed by atoms with Gasteiger partial charge in [0.1, 0.15) is 22.2 Å². The largest absolute Gasteiger partial charge is 0.457 e. The number of primary amides is 1. The SMILES string of the molecule is NC(=O)c1sc(=S)n(-c2ccc(Oc3ccccc3)cc2)c1N. The number of anilines is 1. The molecule has 23 heavy (non-hydrogen) atoms. The highest BCUT2D eigenvalue weighted by atomic mass is 32.1. The molecule has 0 aliphatic rings. The molecule has 0 aliphatic carbocycles. The fourth-order valence-electron chi connectivity index (χ4n) is 2.09. The first-order valence-corrected chi connectivity index (χ1v) is 7.93. The second kappa shape index (κ2) is 6.23. The predicted octanol–water partition coefficient (Wildman–Crippen LogP) is 3.74. The Bertz CT molecular complexity index is 899. The average Bonchev–Trinajstić information content (AvgIpc) is 2.84. The molecule has 5 nitrogen and oxygen atoms in total. The lowest BCUT2D eigenvalue weighted by molar-refractivity contribution is 0.100. The number of aromatic nitrogens is 1. The average molecular weight is 343 g/mol. The standard InChI is InChI=1S/C16H13N3O2S2/c17-14-13(15(18)20)23-16(22)19(14)10-6-8-12(9-7-10)21-11-4-2-1-3-5-11/h1-9H,17H2,(H2,18,20). The molecule has 0 unspecified atom stereocenters. The number of ether oxygens (including phenoxy) is 1. The van der Waals surface area contributed by atoms with Crippen LogP contribution in [0.3, 0.4) is 0 Å². The lowest BCUT2D eigenvalue weighted by atomic mass is 10.3. The zero-order chi connectivity index (χ0) is 16.4. The molecule has 0 spiro atoms. The number of para-hydroxylation sites is 1. The van der Waals surface area contributed by atoms with Crippen LogP contribution in [0.1, 0.15) is 9.67 Å². The van der Waals surface area contributed by atoms with Crippen molar-refractivity contribution in [3.63, 3.8) is 0 Å². The van der Waals surface area contributed by atoms with Gasteiger partial charge in [0, 0.05) is 5.69 Å². The Morgan fingerprint density at radius 2 is 1.65 bits per heavy atom. The highest BCUT2D eigenvalue weighted by Gasteiger charge is 2.15. The summed E-state index contributed by atoms with van der Waals surface area (Å²) in [5, 5.41) is 0. The number of thiazole rings is 1. The van der Waals surface area contributed by atoms with E-state index in [0.717, 1.165) is 22.8 Å². The lowest BCUT2D eigenvalue weighted by Crippen LogP contribution is -2.12. The topological polar surface area (TPSA) is 83.3 Å². The van der Waals surface area contributed by atoms with E-state index >= 15 is 0 Å². The van der Waals surface area contributed by atoms with Crippen molar-refractivity contribution in [2.75, 3.05) is 5.73 Å². The highest BCUT2D eigenvalue weighted by Crippen LogP contribution is 2.28. The van der Waals surface area contributed by atoms with Gasteiger partial charge in [-0.15, -0.1) is 0 Å². The number of nitrogens with zero attached hydrogens (tertiary/aromatic N) is 1. The number of hydrogen-bond donors (Lipinski definition) is 2. The number of carbonyl (C=O) groups excluding carboxylic acids is 1. The zero-order valence-corrected chi connectivity index (χ0v) is 13.6. The summed E-state index contributed by atoms with van der Waals surface area (Å²) < 4.78 is 7.82. The summed E-state index contributed by atoms with van der Waals surface area (Å²) in [6.45, 7) is 0. The molecule has 7 heteroatoms. The van der Waals surface area contributed by atoms with Gasteiger partial charge in [0.2, 0.25) is 0 Å². The summed E-state index contributed by atoms with van der Waals surface area (Å²) in [6, 6.07) is 16.7.